The highest BCUT2D eigenvalue weighted by Crippen LogP contribution is 2.39. The lowest BCUT2D eigenvalue weighted by molar-refractivity contribution is -0.385. The number of rotatable bonds is 7. The maximum Gasteiger partial charge on any atom is 0.434 e. The third-order valence-electron chi connectivity index (χ3n) is 4.86. The molecule has 0 atom stereocenters. The third kappa shape index (κ3) is 4.46. The van der Waals surface area contributed by atoms with Crippen molar-refractivity contribution >= 4 is 17.4 Å². The van der Waals surface area contributed by atoms with E-state index in [4.69, 9.17) is 0 Å². The van der Waals surface area contributed by atoms with Gasteiger partial charge in [-0.25, -0.2) is 4.68 Å². The van der Waals surface area contributed by atoms with Crippen LogP contribution in [0.15, 0.2) is 66.0 Å². The number of thioether (sulfide) groups is 1. The molecule has 12 heteroatoms. The summed E-state index contributed by atoms with van der Waals surface area (Å²) >= 11 is 1.16. The van der Waals surface area contributed by atoms with E-state index >= 15 is 0 Å². The first kappa shape index (κ1) is 22.5. The van der Waals surface area contributed by atoms with Gasteiger partial charge in [-0.3, -0.25) is 10.1 Å². The normalized spacial score (nSPS) is 11.6. The minimum atomic E-state index is -4.69. The molecule has 0 amide bonds. The Morgan fingerprint density at radius 1 is 1.06 bits per heavy atom. The topological polar surface area (TPSA) is 91.7 Å². The summed E-state index contributed by atoms with van der Waals surface area (Å²) in [4.78, 5) is 10.8. The summed E-state index contributed by atoms with van der Waals surface area (Å²) < 4.78 is 44.6. The number of alkyl halides is 3. The van der Waals surface area contributed by atoms with E-state index in [1.165, 1.54) is 18.2 Å². The molecule has 0 fully saturated rings. The van der Waals surface area contributed by atoms with Gasteiger partial charge < -0.3 is 4.57 Å². The van der Waals surface area contributed by atoms with Crippen LogP contribution in [-0.2, 0) is 18.5 Å². The fourth-order valence-corrected chi connectivity index (χ4v) is 4.38. The van der Waals surface area contributed by atoms with Gasteiger partial charge in [-0.05, 0) is 19.1 Å². The molecule has 33 heavy (non-hydrogen) atoms. The van der Waals surface area contributed by atoms with Gasteiger partial charge in [0.05, 0.1) is 22.4 Å². The minimum absolute atomic E-state index is 0.0251. The fourth-order valence-electron chi connectivity index (χ4n) is 3.38. The van der Waals surface area contributed by atoms with Crippen LogP contribution in [0.5, 0.6) is 0 Å². The Labute approximate surface area is 190 Å². The Hall–Kier alpha value is -3.67. The molecule has 2 aromatic carbocycles. The Balaban J connectivity index is 1.72. The van der Waals surface area contributed by atoms with Gasteiger partial charge in [0.25, 0.3) is 5.69 Å². The molecule has 0 radical (unpaired) electrons. The van der Waals surface area contributed by atoms with Crippen molar-refractivity contribution in [2.45, 2.75) is 30.6 Å². The highest BCUT2D eigenvalue weighted by Gasteiger charge is 2.40. The molecule has 0 saturated heterocycles. The van der Waals surface area contributed by atoms with E-state index in [-0.39, 0.29) is 28.5 Å². The fraction of sp³-hybridized carbons (Fsp3) is 0.190. The van der Waals surface area contributed by atoms with E-state index in [9.17, 15) is 23.3 Å². The van der Waals surface area contributed by atoms with Gasteiger partial charge >= 0.3 is 6.18 Å². The predicted molar refractivity (Wildman–Crippen MR) is 116 cm³/mol. The first-order valence-electron chi connectivity index (χ1n) is 9.80. The van der Waals surface area contributed by atoms with Gasteiger partial charge in [0.1, 0.15) is 0 Å². The van der Waals surface area contributed by atoms with Gasteiger partial charge in [0.2, 0.25) is 0 Å². The molecule has 170 valence electrons. The molecule has 4 rings (SSSR count). The molecule has 0 unspecified atom stereocenters. The summed E-state index contributed by atoms with van der Waals surface area (Å²) in [6.45, 7) is 2.06. The lowest BCUT2D eigenvalue weighted by Gasteiger charge is -2.13. The van der Waals surface area contributed by atoms with Crippen LogP contribution in [0.2, 0.25) is 0 Å². The number of aromatic nitrogens is 5. The molecule has 0 bridgehead atoms. The summed E-state index contributed by atoms with van der Waals surface area (Å²) in [7, 11) is 0. The second kappa shape index (κ2) is 9.06. The van der Waals surface area contributed by atoms with Crippen LogP contribution in [0, 0.1) is 10.1 Å². The van der Waals surface area contributed by atoms with E-state index < -0.39 is 16.8 Å². The summed E-state index contributed by atoms with van der Waals surface area (Å²) in [5, 5.41) is 23.6. The Kier molecular flexibility index (Phi) is 6.18. The quantitative estimate of drug-likeness (QED) is 0.203. The monoisotopic (exact) mass is 474 g/mol. The van der Waals surface area contributed by atoms with Crippen LogP contribution in [-0.4, -0.2) is 29.5 Å². The maximum atomic E-state index is 14.1. The first-order chi connectivity index (χ1) is 15.8. The van der Waals surface area contributed by atoms with Crippen molar-refractivity contribution in [2.24, 2.45) is 0 Å². The zero-order chi connectivity index (χ0) is 23.6. The number of benzene rings is 2. The molecule has 8 nitrogen and oxygen atoms in total. The van der Waals surface area contributed by atoms with Crippen LogP contribution >= 0.6 is 11.8 Å². The third-order valence-corrected chi connectivity index (χ3v) is 5.87. The van der Waals surface area contributed by atoms with Crippen LogP contribution in [0.25, 0.3) is 17.1 Å². The maximum absolute atomic E-state index is 14.1. The van der Waals surface area contributed by atoms with E-state index in [1.54, 1.807) is 47.9 Å². The first-order valence-corrected chi connectivity index (χ1v) is 10.8. The van der Waals surface area contributed by atoms with Gasteiger partial charge in [-0.15, -0.1) is 10.2 Å². The summed E-state index contributed by atoms with van der Waals surface area (Å²) in [5.41, 5.74) is -0.433. The largest absolute Gasteiger partial charge is 0.434 e. The Morgan fingerprint density at radius 2 is 1.76 bits per heavy atom. The van der Waals surface area contributed by atoms with Crippen molar-refractivity contribution in [1.29, 1.82) is 0 Å². The number of nitrogens with zero attached hydrogens (tertiary/aromatic N) is 6. The number of nitro groups is 1. The van der Waals surface area contributed by atoms with Gasteiger partial charge in [-0.1, -0.05) is 48.2 Å². The lowest BCUT2D eigenvalue weighted by atomic mass is 10.2. The van der Waals surface area contributed by atoms with Crippen LogP contribution < -0.4 is 0 Å². The van der Waals surface area contributed by atoms with Crippen molar-refractivity contribution in [3.05, 3.63) is 82.2 Å². The lowest BCUT2D eigenvalue weighted by Crippen LogP contribution is -2.15. The van der Waals surface area contributed by atoms with Crippen molar-refractivity contribution in [1.82, 2.24) is 24.5 Å². The highest BCUT2D eigenvalue weighted by atomic mass is 32.2. The molecule has 2 heterocycles. The number of halogens is 3. The smallest absolute Gasteiger partial charge is 0.302 e. The average molecular weight is 474 g/mol. The molecular weight excluding hydrogens is 457 g/mol. The molecular formula is C21H17F3N6O2S. The van der Waals surface area contributed by atoms with Crippen molar-refractivity contribution in [2.75, 3.05) is 0 Å². The van der Waals surface area contributed by atoms with Crippen LogP contribution in [0.3, 0.4) is 0 Å². The summed E-state index contributed by atoms with van der Waals surface area (Å²) in [6, 6.07) is 14.3. The number of hydrogen-bond donors (Lipinski definition) is 0. The number of hydrogen-bond acceptors (Lipinski definition) is 6. The van der Waals surface area contributed by atoms with Crippen molar-refractivity contribution < 1.29 is 18.1 Å². The Bertz CT molecular complexity index is 1290. The SMILES string of the molecule is CCn1c(SCc2ccccc2[N+](=O)[O-])nnc1-c1cnn(-c2ccccc2)c1C(F)(F)F. The highest BCUT2D eigenvalue weighted by molar-refractivity contribution is 7.98. The standard InChI is InChI=1S/C21H17F3N6O2S/c1-2-28-19(26-27-20(28)33-13-14-8-6-7-11-17(14)30(31)32)16-12-25-29(18(16)21(22,23)24)15-9-4-3-5-10-15/h3-12H,2,13H2,1H3. The molecule has 0 aliphatic rings. The van der Waals surface area contributed by atoms with Gasteiger partial charge in [0, 0.05) is 23.9 Å². The molecule has 0 spiro atoms. The van der Waals surface area contributed by atoms with Crippen LogP contribution in [0.1, 0.15) is 18.2 Å². The second-order valence-corrected chi connectivity index (χ2v) is 7.82. The molecule has 4 aromatic rings. The van der Waals surface area contributed by atoms with E-state index in [1.807, 2.05) is 0 Å². The van der Waals surface area contributed by atoms with Crippen LogP contribution in [0.4, 0.5) is 18.9 Å². The molecule has 0 aliphatic heterocycles. The van der Waals surface area contributed by atoms with E-state index in [0.717, 1.165) is 22.6 Å². The van der Waals surface area contributed by atoms with Crippen molar-refractivity contribution in [3.63, 3.8) is 0 Å². The van der Waals surface area contributed by atoms with E-state index in [2.05, 4.69) is 15.3 Å². The molecule has 0 N–H and O–H groups in total. The average Bonchev–Trinajstić information content (AvgIpc) is 3.42. The zero-order valence-electron chi connectivity index (χ0n) is 17.2. The van der Waals surface area contributed by atoms with Crippen molar-refractivity contribution in [3.8, 4) is 17.1 Å². The van der Waals surface area contributed by atoms with E-state index in [0.29, 0.717) is 17.3 Å². The number of nitro benzene ring substituents is 1. The minimum Gasteiger partial charge on any atom is -0.302 e. The Morgan fingerprint density at radius 3 is 2.42 bits per heavy atom. The van der Waals surface area contributed by atoms with Gasteiger partial charge in [-0.2, -0.15) is 18.3 Å². The molecule has 0 aliphatic carbocycles. The summed E-state index contributed by atoms with van der Waals surface area (Å²) in [6.07, 6.45) is -3.56. The summed E-state index contributed by atoms with van der Waals surface area (Å²) in [5.74, 6) is 0.238. The second-order valence-electron chi connectivity index (χ2n) is 6.88. The molecule has 0 saturated carbocycles. The molecule has 2 aromatic heterocycles. The number of para-hydroxylation sites is 2. The zero-order valence-corrected chi connectivity index (χ0v) is 18.0. The van der Waals surface area contributed by atoms with Gasteiger partial charge in [0.15, 0.2) is 16.7 Å². The predicted octanol–water partition coefficient (Wildman–Crippen LogP) is 5.37.